The van der Waals surface area contributed by atoms with Gasteiger partial charge in [-0.3, -0.25) is 9.20 Å². The molecule has 0 aliphatic rings. The summed E-state index contributed by atoms with van der Waals surface area (Å²) < 4.78 is 1.89. The van der Waals surface area contributed by atoms with Crippen LogP contribution in [0.15, 0.2) is 48.7 Å². The molecule has 1 N–H and O–H groups in total. The van der Waals surface area contributed by atoms with Crippen molar-refractivity contribution in [2.75, 3.05) is 5.32 Å². The lowest BCUT2D eigenvalue weighted by molar-refractivity contribution is 0.102. The summed E-state index contributed by atoms with van der Waals surface area (Å²) in [5, 5.41) is 2.95. The van der Waals surface area contributed by atoms with Gasteiger partial charge >= 0.3 is 0 Å². The number of fused-ring (bicyclic) bond motifs is 1. The zero-order valence-corrected chi connectivity index (χ0v) is 12.8. The van der Waals surface area contributed by atoms with Crippen LogP contribution in [0.4, 0.5) is 5.69 Å². The number of imidazole rings is 1. The Morgan fingerprint density at radius 3 is 2.68 bits per heavy atom. The van der Waals surface area contributed by atoms with Crippen LogP contribution in [0.25, 0.3) is 5.65 Å². The van der Waals surface area contributed by atoms with Crippen LogP contribution in [0.5, 0.6) is 0 Å². The van der Waals surface area contributed by atoms with Crippen LogP contribution in [-0.2, 0) is 6.42 Å². The number of aryl methyl sites for hydroxylation is 2. The second kappa shape index (κ2) is 6.02. The van der Waals surface area contributed by atoms with Gasteiger partial charge in [0.2, 0.25) is 0 Å². The van der Waals surface area contributed by atoms with E-state index in [-0.39, 0.29) is 5.91 Å². The van der Waals surface area contributed by atoms with Gasteiger partial charge in [0.25, 0.3) is 5.91 Å². The number of hydrogen-bond acceptors (Lipinski definition) is 2. The second-order valence-electron chi connectivity index (χ2n) is 5.41. The molecule has 0 atom stereocenters. The number of hydrogen-bond donors (Lipinski definition) is 1. The third kappa shape index (κ3) is 2.72. The quantitative estimate of drug-likeness (QED) is 0.794. The molecule has 0 unspecified atom stereocenters. The minimum absolute atomic E-state index is 0.118. The van der Waals surface area contributed by atoms with Crippen LogP contribution in [0.2, 0.25) is 0 Å². The molecule has 22 heavy (non-hydrogen) atoms. The fourth-order valence-corrected chi connectivity index (χ4v) is 2.56. The standard InChI is InChI=1S/C18H19N3O/c1-3-7-15-17(18(22)19-14-8-5-4-6-9-14)21-12-13(2)10-11-16(21)20-15/h4-6,8-12H,3,7H2,1-2H3,(H,19,22). The highest BCUT2D eigenvalue weighted by molar-refractivity contribution is 6.04. The molecule has 0 saturated carbocycles. The van der Waals surface area contributed by atoms with Crippen molar-refractivity contribution >= 4 is 17.2 Å². The Labute approximate surface area is 129 Å². The van der Waals surface area contributed by atoms with Crippen molar-refractivity contribution < 1.29 is 4.79 Å². The third-order valence-corrected chi connectivity index (χ3v) is 3.57. The number of amides is 1. The van der Waals surface area contributed by atoms with Gasteiger partial charge in [0.05, 0.1) is 5.69 Å². The first-order valence-electron chi connectivity index (χ1n) is 7.53. The van der Waals surface area contributed by atoms with E-state index >= 15 is 0 Å². The molecule has 0 bridgehead atoms. The highest BCUT2D eigenvalue weighted by Gasteiger charge is 2.18. The predicted molar refractivity (Wildman–Crippen MR) is 88.3 cm³/mol. The zero-order chi connectivity index (χ0) is 15.5. The van der Waals surface area contributed by atoms with Gasteiger partial charge in [0, 0.05) is 11.9 Å². The van der Waals surface area contributed by atoms with Gasteiger partial charge < -0.3 is 5.32 Å². The number of carbonyl (C=O) groups excluding carboxylic acids is 1. The van der Waals surface area contributed by atoms with Crippen LogP contribution < -0.4 is 5.32 Å². The molecule has 4 heteroatoms. The van der Waals surface area contributed by atoms with E-state index in [0.717, 1.165) is 35.4 Å². The lowest BCUT2D eigenvalue weighted by Crippen LogP contribution is -2.16. The van der Waals surface area contributed by atoms with Gasteiger partial charge in [-0.25, -0.2) is 4.98 Å². The minimum Gasteiger partial charge on any atom is -0.321 e. The van der Waals surface area contributed by atoms with E-state index in [1.54, 1.807) is 0 Å². The summed E-state index contributed by atoms with van der Waals surface area (Å²) >= 11 is 0. The lowest BCUT2D eigenvalue weighted by Gasteiger charge is -2.07. The molecule has 0 aliphatic heterocycles. The van der Waals surface area contributed by atoms with E-state index in [1.807, 2.05) is 60.0 Å². The summed E-state index contributed by atoms with van der Waals surface area (Å²) in [4.78, 5) is 17.3. The van der Waals surface area contributed by atoms with Gasteiger partial charge in [-0.15, -0.1) is 0 Å². The minimum atomic E-state index is -0.118. The number of anilines is 1. The molecule has 1 aromatic carbocycles. The lowest BCUT2D eigenvalue weighted by atomic mass is 10.2. The zero-order valence-electron chi connectivity index (χ0n) is 12.8. The summed E-state index contributed by atoms with van der Waals surface area (Å²) in [7, 11) is 0. The van der Waals surface area contributed by atoms with E-state index in [9.17, 15) is 4.79 Å². The molecule has 112 valence electrons. The summed E-state index contributed by atoms with van der Waals surface area (Å²) in [5.41, 5.74) is 4.18. The van der Waals surface area contributed by atoms with Gasteiger partial charge in [-0.2, -0.15) is 0 Å². The van der Waals surface area contributed by atoms with Crippen molar-refractivity contribution in [3.63, 3.8) is 0 Å². The van der Waals surface area contributed by atoms with E-state index in [4.69, 9.17) is 0 Å². The molecular formula is C18H19N3O. The van der Waals surface area contributed by atoms with Crippen LogP contribution in [0, 0.1) is 6.92 Å². The van der Waals surface area contributed by atoms with Crippen molar-refractivity contribution in [3.05, 3.63) is 65.6 Å². The highest BCUT2D eigenvalue weighted by Crippen LogP contribution is 2.18. The molecule has 0 fully saturated rings. The first kappa shape index (κ1) is 14.3. The maximum Gasteiger partial charge on any atom is 0.274 e. The molecule has 3 rings (SSSR count). The van der Waals surface area contributed by atoms with Crippen molar-refractivity contribution in [2.45, 2.75) is 26.7 Å². The first-order valence-corrected chi connectivity index (χ1v) is 7.53. The maximum atomic E-state index is 12.7. The van der Waals surface area contributed by atoms with E-state index < -0.39 is 0 Å². The number of nitrogens with zero attached hydrogens (tertiary/aromatic N) is 2. The molecule has 0 aliphatic carbocycles. The Balaban J connectivity index is 2.05. The number of pyridine rings is 1. The highest BCUT2D eigenvalue weighted by atomic mass is 16.2. The molecule has 3 aromatic rings. The predicted octanol–water partition coefficient (Wildman–Crippen LogP) is 3.85. The second-order valence-corrected chi connectivity index (χ2v) is 5.41. The van der Waals surface area contributed by atoms with E-state index in [2.05, 4.69) is 17.2 Å². The largest absolute Gasteiger partial charge is 0.321 e. The van der Waals surface area contributed by atoms with Gasteiger partial charge in [-0.1, -0.05) is 37.6 Å². The number of para-hydroxylation sites is 1. The molecule has 4 nitrogen and oxygen atoms in total. The smallest absolute Gasteiger partial charge is 0.274 e. The summed E-state index contributed by atoms with van der Waals surface area (Å²) in [6.45, 7) is 4.10. The van der Waals surface area contributed by atoms with Crippen LogP contribution >= 0.6 is 0 Å². The Bertz CT molecular complexity index is 806. The molecule has 1 amide bonds. The summed E-state index contributed by atoms with van der Waals surface area (Å²) in [6, 6.07) is 13.5. The Morgan fingerprint density at radius 1 is 1.18 bits per heavy atom. The first-order chi connectivity index (χ1) is 10.7. The maximum absolute atomic E-state index is 12.7. The number of aromatic nitrogens is 2. The third-order valence-electron chi connectivity index (χ3n) is 3.57. The average molecular weight is 293 g/mol. The number of rotatable bonds is 4. The topological polar surface area (TPSA) is 46.4 Å². The van der Waals surface area contributed by atoms with E-state index in [0.29, 0.717) is 5.69 Å². The van der Waals surface area contributed by atoms with E-state index in [1.165, 1.54) is 0 Å². The average Bonchev–Trinajstić information content (AvgIpc) is 2.86. The molecule has 0 radical (unpaired) electrons. The molecule has 2 aromatic heterocycles. The van der Waals surface area contributed by atoms with Crippen LogP contribution in [-0.4, -0.2) is 15.3 Å². The summed E-state index contributed by atoms with van der Waals surface area (Å²) in [6.07, 6.45) is 3.70. The normalized spacial score (nSPS) is 10.8. The summed E-state index contributed by atoms with van der Waals surface area (Å²) in [5.74, 6) is -0.118. The monoisotopic (exact) mass is 293 g/mol. The molecule has 0 saturated heterocycles. The van der Waals surface area contributed by atoms with Gasteiger partial charge in [-0.05, 0) is 37.1 Å². The number of benzene rings is 1. The fourth-order valence-electron chi connectivity index (χ4n) is 2.56. The Hall–Kier alpha value is -2.62. The SMILES string of the molecule is CCCc1nc2ccc(C)cn2c1C(=O)Nc1ccccc1. The molecule has 2 heterocycles. The van der Waals surface area contributed by atoms with Gasteiger partial charge in [0.15, 0.2) is 0 Å². The Kier molecular flexibility index (Phi) is 3.92. The number of carbonyl (C=O) groups is 1. The van der Waals surface area contributed by atoms with Crippen LogP contribution in [0.3, 0.4) is 0 Å². The van der Waals surface area contributed by atoms with Crippen molar-refractivity contribution in [1.29, 1.82) is 0 Å². The van der Waals surface area contributed by atoms with Crippen molar-refractivity contribution in [1.82, 2.24) is 9.38 Å². The van der Waals surface area contributed by atoms with Gasteiger partial charge in [0.1, 0.15) is 11.3 Å². The fraction of sp³-hybridized carbons (Fsp3) is 0.222. The molecule has 0 spiro atoms. The van der Waals surface area contributed by atoms with Crippen molar-refractivity contribution in [2.24, 2.45) is 0 Å². The molecular weight excluding hydrogens is 274 g/mol. The Morgan fingerprint density at radius 2 is 1.95 bits per heavy atom. The van der Waals surface area contributed by atoms with Crippen molar-refractivity contribution in [3.8, 4) is 0 Å². The van der Waals surface area contributed by atoms with Crippen LogP contribution in [0.1, 0.15) is 35.1 Å². The number of nitrogens with one attached hydrogen (secondary N) is 1.